The van der Waals surface area contributed by atoms with Gasteiger partial charge in [0.25, 0.3) is 0 Å². The summed E-state index contributed by atoms with van der Waals surface area (Å²) >= 11 is 1.70. The summed E-state index contributed by atoms with van der Waals surface area (Å²) in [7, 11) is 7.10. The molecule has 1 N–H and O–H groups in total. The molecule has 2 rings (SSSR count). The molecular formula is C19H28N4O2S. The molecule has 0 saturated carbocycles. The molecule has 26 heavy (non-hydrogen) atoms. The van der Waals surface area contributed by atoms with Crippen molar-refractivity contribution in [1.82, 2.24) is 15.2 Å². The normalized spacial score (nSPS) is 11.6. The predicted octanol–water partition coefficient (Wildman–Crippen LogP) is 3.49. The van der Waals surface area contributed by atoms with Crippen LogP contribution < -0.4 is 14.8 Å². The second-order valence-corrected chi connectivity index (χ2v) is 7.16. The van der Waals surface area contributed by atoms with Gasteiger partial charge in [0.15, 0.2) is 5.96 Å². The van der Waals surface area contributed by atoms with Crippen LogP contribution in [0.2, 0.25) is 0 Å². The van der Waals surface area contributed by atoms with E-state index < -0.39 is 0 Å². The van der Waals surface area contributed by atoms with Crippen LogP contribution in [0, 0.1) is 0 Å². The Kier molecular flexibility index (Phi) is 7.26. The fraction of sp³-hybridized carbons (Fsp3) is 0.474. The first kappa shape index (κ1) is 20.0. The topological polar surface area (TPSA) is 59.0 Å². The Labute approximate surface area is 159 Å². The van der Waals surface area contributed by atoms with Crippen LogP contribution in [0.4, 0.5) is 0 Å². The van der Waals surface area contributed by atoms with Crippen molar-refractivity contribution in [3.05, 3.63) is 39.8 Å². The molecule has 0 radical (unpaired) electrons. The van der Waals surface area contributed by atoms with E-state index in [1.54, 1.807) is 32.6 Å². The Bertz CT molecular complexity index is 743. The zero-order valence-corrected chi connectivity index (χ0v) is 17.2. The maximum Gasteiger partial charge on any atom is 0.194 e. The van der Waals surface area contributed by atoms with Gasteiger partial charge in [-0.1, -0.05) is 13.8 Å². The fourth-order valence-electron chi connectivity index (χ4n) is 2.54. The molecule has 0 aliphatic carbocycles. The summed E-state index contributed by atoms with van der Waals surface area (Å²) in [5, 5.41) is 6.63. The molecular weight excluding hydrogens is 348 g/mol. The summed E-state index contributed by atoms with van der Waals surface area (Å²) < 4.78 is 10.7. The summed E-state index contributed by atoms with van der Waals surface area (Å²) in [5.74, 6) is 2.84. The Balaban J connectivity index is 2.01. The van der Waals surface area contributed by atoms with Gasteiger partial charge in [-0.05, 0) is 12.1 Å². The number of ether oxygens (including phenoxy) is 2. The quantitative estimate of drug-likeness (QED) is 0.592. The van der Waals surface area contributed by atoms with Gasteiger partial charge in [0.05, 0.1) is 31.5 Å². The predicted molar refractivity (Wildman–Crippen MR) is 107 cm³/mol. The van der Waals surface area contributed by atoms with Crippen LogP contribution in [0.3, 0.4) is 0 Å². The van der Waals surface area contributed by atoms with Crippen LogP contribution in [0.25, 0.3) is 0 Å². The van der Waals surface area contributed by atoms with E-state index in [-0.39, 0.29) is 0 Å². The minimum Gasteiger partial charge on any atom is -0.497 e. The molecule has 0 aliphatic rings. The van der Waals surface area contributed by atoms with Crippen LogP contribution in [0.5, 0.6) is 11.5 Å². The fourth-order valence-corrected chi connectivity index (χ4v) is 3.37. The van der Waals surface area contributed by atoms with Crippen LogP contribution in [-0.4, -0.2) is 44.2 Å². The number of guanidine groups is 1. The third-order valence-electron chi connectivity index (χ3n) is 3.97. The van der Waals surface area contributed by atoms with Crippen LogP contribution >= 0.6 is 11.3 Å². The lowest BCUT2D eigenvalue weighted by Crippen LogP contribution is -2.38. The van der Waals surface area contributed by atoms with E-state index in [4.69, 9.17) is 9.47 Å². The van der Waals surface area contributed by atoms with Gasteiger partial charge in [-0.3, -0.25) is 4.99 Å². The zero-order valence-electron chi connectivity index (χ0n) is 16.4. The highest BCUT2D eigenvalue weighted by molar-refractivity contribution is 7.09. The van der Waals surface area contributed by atoms with E-state index in [0.29, 0.717) is 19.0 Å². The molecule has 0 bridgehead atoms. The summed E-state index contributed by atoms with van der Waals surface area (Å²) in [6.07, 6.45) is 0. The highest BCUT2D eigenvalue weighted by atomic mass is 32.1. The first-order valence-electron chi connectivity index (χ1n) is 8.55. The first-order chi connectivity index (χ1) is 12.5. The van der Waals surface area contributed by atoms with E-state index in [1.165, 1.54) is 0 Å². The van der Waals surface area contributed by atoms with Crippen molar-refractivity contribution in [2.75, 3.05) is 28.3 Å². The standard InChI is InChI=1S/C19H28N4O2S/c1-13(2)18-22-15(12-26-18)10-21-19(20-3)23(4)11-14-7-8-16(24-5)9-17(14)25-6/h7-9,12-13H,10-11H2,1-6H3,(H,20,21). The molecule has 0 aliphatic heterocycles. The first-order valence-corrected chi connectivity index (χ1v) is 9.43. The van der Waals surface area contributed by atoms with Gasteiger partial charge in [-0.15, -0.1) is 11.3 Å². The van der Waals surface area contributed by atoms with Crippen LogP contribution in [0.1, 0.15) is 36.0 Å². The molecule has 0 atom stereocenters. The summed E-state index contributed by atoms with van der Waals surface area (Å²) in [6, 6.07) is 5.84. The number of benzene rings is 1. The molecule has 0 spiro atoms. The Hall–Kier alpha value is -2.28. The van der Waals surface area contributed by atoms with Gasteiger partial charge in [-0.25, -0.2) is 4.98 Å². The van der Waals surface area contributed by atoms with Crippen molar-refractivity contribution in [2.45, 2.75) is 32.9 Å². The minimum atomic E-state index is 0.457. The lowest BCUT2D eigenvalue weighted by Gasteiger charge is -2.23. The lowest BCUT2D eigenvalue weighted by atomic mass is 10.2. The molecule has 1 aromatic heterocycles. The number of aromatic nitrogens is 1. The summed E-state index contributed by atoms with van der Waals surface area (Å²) in [5.41, 5.74) is 2.10. The summed E-state index contributed by atoms with van der Waals surface area (Å²) in [6.45, 7) is 5.64. The third kappa shape index (κ3) is 5.11. The van der Waals surface area contributed by atoms with Crippen molar-refractivity contribution in [3.8, 4) is 11.5 Å². The van der Waals surface area contributed by atoms with E-state index >= 15 is 0 Å². The molecule has 0 fully saturated rings. The number of aliphatic imine (C=N–C) groups is 1. The number of thiazole rings is 1. The van der Waals surface area contributed by atoms with Crippen molar-refractivity contribution < 1.29 is 9.47 Å². The van der Waals surface area contributed by atoms with E-state index in [0.717, 1.165) is 33.7 Å². The van der Waals surface area contributed by atoms with Gasteiger partial charge < -0.3 is 19.7 Å². The maximum absolute atomic E-state index is 5.48. The second-order valence-electron chi connectivity index (χ2n) is 6.27. The average Bonchev–Trinajstić information content (AvgIpc) is 3.12. The number of hydrogen-bond donors (Lipinski definition) is 1. The van der Waals surface area contributed by atoms with Crippen LogP contribution in [0.15, 0.2) is 28.6 Å². The molecule has 2 aromatic rings. The number of nitrogens with one attached hydrogen (secondary N) is 1. The number of hydrogen-bond acceptors (Lipinski definition) is 5. The molecule has 0 amide bonds. The molecule has 6 nitrogen and oxygen atoms in total. The molecule has 1 aromatic carbocycles. The zero-order chi connectivity index (χ0) is 19.1. The smallest absolute Gasteiger partial charge is 0.194 e. The number of methoxy groups -OCH3 is 2. The molecule has 1 heterocycles. The molecule has 0 unspecified atom stereocenters. The van der Waals surface area contributed by atoms with Gasteiger partial charge in [0.2, 0.25) is 0 Å². The Morgan fingerprint density at radius 3 is 2.65 bits per heavy atom. The Morgan fingerprint density at radius 2 is 2.08 bits per heavy atom. The van der Waals surface area contributed by atoms with Crippen molar-refractivity contribution in [2.24, 2.45) is 4.99 Å². The highest BCUT2D eigenvalue weighted by Crippen LogP contribution is 2.25. The maximum atomic E-state index is 5.48. The van der Waals surface area contributed by atoms with Gasteiger partial charge in [0, 0.05) is 43.6 Å². The van der Waals surface area contributed by atoms with E-state index in [9.17, 15) is 0 Å². The van der Waals surface area contributed by atoms with E-state index in [2.05, 4.69) is 39.4 Å². The number of nitrogens with zero attached hydrogens (tertiary/aromatic N) is 3. The second kappa shape index (κ2) is 9.43. The lowest BCUT2D eigenvalue weighted by molar-refractivity contribution is 0.382. The molecule has 142 valence electrons. The minimum absolute atomic E-state index is 0.457. The van der Waals surface area contributed by atoms with Gasteiger partial charge in [-0.2, -0.15) is 0 Å². The average molecular weight is 377 g/mol. The number of rotatable bonds is 7. The van der Waals surface area contributed by atoms with Crippen LogP contribution in [-0.2, 0) is 13.1 Å². The third-order valence-corrected chi connectivity index (χ3v) is 5.16. The molecule has 0 saturated heterocycles. The van der Waals surface area contributed by atoms with Gasteiger partial charge >= 0.3 is 0 Å². The van der Waals surface area contributed by atoms with E-state index in [1.807, 2.05) is 25.2 Å². The van der Waals surface area contributed by atoms with Crippen molar-refractivity contribution in [3.63, 3.8) is 0 Å². The summed E-state index contributed by atoms with van der Waals surface area (Å²) in [4.78, 5) is 11.1. The largest absolute Gasteiger partial charge is 0.497 e. The highest BCUT2D eigenvalue weighted by Gasteiger charge is 2.12. The van der Waals surface area contributed by atoms with Crippen molar-refractivity contribution >= 4 is 17.3 Å². The van der Waals surface area contributed by atoms with Gasteiger partial charge in [0.1, 0.15) is 11.5 Å². The Morgan fingerprint density at radius 1 is 1.31 bits per heavy atom. The monoisotopic (exact) mass is 376 g/mol. The van der Waals surface area contributed by atoms with Crippen molar-refractivity contribution in [1.29, 1.82) is 0 Å². The molecule has 7 heteroatoms. The SMILES string of the molecule is CN=C(NCc1csc(C(C)C)n1)N(C)Cc1ccc(OC)cc1OC.